The second-order valence-electron chi connectivity index (χ2n) is 6.59. The van der Waals surface area contributed by atoms with Gasteiger partial charge in [-0.05, 0) is 42.0 Å². The maximum Gasteiger partial charge on any atom is 0.165 e. The molecular formula is C21H24BrFO2. The van der Waals surface area contributed by atoms with Crippen LogP contribution in [0.5, 0.6) is 5.75 Å². The van der Waals surface area contributed by atoms with Crippen LogP contribution in [0, 0.1) is 11.7 Å². The van der Waals surface area contributed by atoms with Gasteiger partial charge in [-0.2, -0.15) is 0 Å². The molecule has 0 N–H and O–H groups in total. The van der Waals surface area contributed by atoms with Crippen LogP contribution in [-0.2, 0) is 11.3 Å². The molecule has 0 bridgehead atoms. The third-order valence-electron chi connectivity index (χ3n) is 4.69. The maximum atomic E-state index is 14.4. The standard InChI is InChI=1S/C21H24BrFO2/c1-2-6-17-14-25-21(12-18(17)22)16-9-10-20(19(23)11-16)24-13-15-7-4-3-5-8-15/h3-5,7-11,17-18,21H,2,6,12-14H2,1H3. The van der Waals surface area contributed by atoms with Crippen molar-refractivity contribution in [3.63, 3.8) is 0 Å². The summed E-state index contributed by atoms with van der Waals surface area (Å²) >= 11 is 3.78. The second kappa shape index (κ2) is 8.81. The van der Waals surface area contributed by atoms with Gasteiger partial charge in [0, 0.05) is 4.83 Å². The fraction of sp³-hybridized carbons (Fsp3) is 0.429. The molecule has 134 valence electrons. The van der Waals surface area contributed by atoms with Gasteiger partial charge in [-0.25, -0.2) is 4.39 Å². The smallest absolute Gasteiger partial charge is 0.165 e. The summed E-state index contributed by atoms with van der Waals surface area (Å²) < 4.78 is 26.0. The van der Waals surface area contributed by atoms with Crippen LogP contribution < -0.4 is 4.74 Å². The van der Waals surface area contributed by atoms with E-state index in [2.05, 4.69) is 22.9 Å². The molecular weight excluding hydrogens is 383 g/mol. The topological polar surface area (TPSA) is 18.5 Å². The van der Waals surface area contributed by atoms with E-state index in [1.54, 1.807) is 12.1 Å². The molecule has 3 rings (SSSR count). The van der Waals surface area contributed by atoms with Crippen LogP contribution in [0.4, 0.5) is 4.39 Å². The first-order chi connectivity index (χ1) is 12.2. The summed E-state index contributed by atoms with van der Waals surface area (Å²) in [7, 11) is 0. The lowest BCUT2D eigenvalue weighted by molar-refractivity contribution is -0.0147. The molecule has 1 aliphatic rings. The molecule has 0 radical (unpaired) electrons. The van der Waals surface area contributed by atoms with Gasteiger partial charge in [0.1, 0.15) is 6.61 Å². The Morgan fingerprint density at radius 1 is 1.20 bits per heavy atom. The number of ether oxygens (including phenoxy) is 2. The molecule has 1 saturated heterocycles. The summed E-state index contributed by atoms with van der Waals surface area (Å²) in [6.07, 6.45) is 3.12. The number of halogens is 2. The van der Waals surface area contributed by atoms with Crippen molar-refractivity contribution in [3.8, 4) is 5.75 Å². The number of alkyl halides is 1. The lowest BCUT2D eigenvalue weighted by Crippen LogP contribution is -2.29. The van der Waals surface area contributed by atoms with E-state index in [1.807, 2.05) is 36.4 Å². The van der Waals surface area contributed by atoms with E-state index in [1.165, 1.54) is 0 Å². The Kier molecular flexibility index (Phi) is 6.49. The van der Waals surface area contributed by atoms with E-state index in [0.29, 0.717) is 17.4 Å². The second-order valence-corrected chi connectivity index (χ2v) is 7.76. The zero-order valence-electron chi connectivity index (χ0n) is 14.5. The summed E-state index contributed by atoms with van der Waals surface area (Å²) in [5.74, 6) is 0.487. The molecule has 0 aromatic heterocycles. The van der Waals surface area contributed by atoms with Crippen molar-refractivity contribution >= 4 is 15.9 Å². The summed E-state index contributed by atoms with van der Waals surface area (Å²) in [5.41, 5.74) is 1.90. The predicted octanol–water partition coefficient (Wildman–Crippen LogP) is 6.05. The molecule has 2 aromatic rings. The molecule has 1 heterocycles. The van der Waals surface area contributed by atoms with E-state index in [0.717, 1.165) is 37.0 Å². The van der Waals surface area contributed by atoms with Crippen molar-refractivity contribution in [1.29, 1.82) is 0 Å². The molecule has 3 atom stereocenters. The maximum absolute atomic E-state index is 14.4. The van der Waals surface area contributed by atoms with E-state index in [9.17, 15) is 4.39 Å². The first kappa shape index (κ1) is 18.4. The highest BCUT2D eigenvalue weighted by atomic mass is 79.9. The number of hydrogen-bond donors (Lipinski definition) is 0. The van der Waals surface area contributed by atoms with Gasteiger partial charge < -0.3 is 9.47 Å². The molecule has 1 aliphatic heterocycles. The quantitative estimate of drug-likeness (QED) is 0.543. The zero-order chi connectivity index (χ0) is 17.6. The van der Waals surface area contributed by atoms with Crippen molar-refractivity contribution in [2.45, 2.75) is 43.7 Å². The Hall–Kier alpha value is -1.39. The molecule has 3 unspecified atom stereocenters. The normalized spacial score (nSPS) is 23.4. The van der Waals surface area contributed by atoms with Gasteiger partial charge in [0.2, 0.25) is 0 Å². The van der Waals surface area contributed by atoms with Crippen LogP contribution in [0.25, 0.3) is 0 Å². The van der Waals surface area contributed by atoms with Crippen LogP contribution in [0.3, 0.4) is 0 Å². The summed E-state index contributed by atoms with van der Waals surface area (Å²) in [4.78, 5) is 0.420. The third kappa shape index (κ3) is 4.83. The summed E-state index contributed by atoms with van der Waals surface area (Å²) in [6, 6.07) is 14.9. The highest BCUT2D eigenvalue weighted by Crippen LogP contribution is 2.37. The van der Waals surface area contributed by atoms with Gasteiger partial charge in [-0.15, -0.1) is 0 Å². The highest BCUT2D eigenvalue weighted by Gasteiger charge is 2.30. The lowest BCUT2D eigenvalue weighted by Gasteiger charge is -2.33. The van der Waals surface area contributed by atoms with Gasteiger partial charge in [0.15, 0.2) is 11.6 Å². The van der Waals surface area contributed by atoms with Gasteiger partial charge >= 0.3 is 0 Å². The van der Waals surface area contributed by atoms with Crippen LogP contribution in [0.15, 0.2) is 48.5 Å². The Morgan fingerprint density at radius 3 is 2.68 bits per heavy atom. The molecule has 0 aliphatic carbocycles. The largest absolute Gasteiger partial charge is 0.486 e. The molecule has 1 fully saturated rings. The molecule has 0 amide bonds. The van der Waals surface area contributed by atoms with E-state index < -0.39 is 0 Å². The SMILES string of the molecule is CCCC1COC(c2ccc(OCc3ccccc3)c(F)c2)CC1Br. The predicted molar refractivity (Wildman–Crippen MR) is 102 cm³/mol. The minimum Gasteiger partial charge on any atom is -0.486 e. The first-order valence-electron chi connectivity index (χ1n) is 8.89. The molecule has 2 aromatic carbocycles. The summed E-state index contributed by atoms with van der Waals surface area (Å²) in [6.45, 7) is 3.27. The Balaban J connectivity index is 1.62. The molecule has 25 heavy (non-hydrogen) atoms. The van der Waals surface area contributed by atoms with Crippen molar-refractivity contribution in [1.82, 2.24) is 0 Å². The molecule has 2 nitrogen and oxygen atoms in total. The van der Waals surface area contributed by atoms with Gasteiger partial charge in [0.25, 0.3) is 0 Å². The first-order valence-corrected chi connectivity index (χ1v) is 9.80. The number of benzene rings is 2. The van der Waals surface area contributed by atoms with Crippen LogP contribution >= 0.6 is 15.9 Å². The monoisotopic (exact) mass is 406 g/mol. The zero-order valence-corrected chi connectivity index (χ0v) is 16.0. The summed E-state index contributed by atoms with van der Waals surface area (Å²) in [5, 5.41) is 0. The van der Waals surface area contributed by atoms with Gasteiger partial charge in [-0.1, -0.05) is 65.7 Å². The molecule has 0 saturated carbocycles. The van der Waals surface area contributed by atoms with Crippen molar-refractivity contribution in [3.05, 3.63) is 65.5 Å². The van der Waals surface area contributed by atoms with Crippen molar-refractivity contribution in [2.24, 2.45) is 5.92 Å². The van der Waals surface area contributed by atoms with E-state index in [-0.39, 0.29) is 17.7 Å². The fourth-order valence-corrected chi connectivity index (χ4v) is 4.00. The average Bonchev–Trinajstić information content (AvgIpc) is 2.63. The van der Waals surface area contributed by atoms with E-state index >= 15 is 0 Å². The highest BCUT2D eigenvalue weighted by molar-refractivity contribution is 9.09. The number of rotatable bonds is 6. The Morgan fingerprint density at radius 2 is 2.00 bits per heavy atom. The Labute approximate surface area is 157 Å². The Bertz CT molecular complexity index is 677. The van der Waals surface area contributed by atoms with Crippen molar-refractivity contribution in [2.75, 3.05) is 6.61 Å². The van der Waals surface area contributed by atoms with Crippen LogP contribution in [0.2, 0.25) is 0 Å². The minimum absolute atomic E-state index is 0.0600. The van der Waals surface area contributed by atoms with Crippen LogP contribution in [-0.4, -0.2) is 11.4 Å². The minimum atomic E-state index is -0.334. The van der Waals surface area contributed by atoms with Crippen molar-refractivity contribution < 1.29 is 13.9 Å². The van der Waals surface area contributed by atoms with Gasteiger partial charge in [-0.3, -0.25) is 0 Å². The fourth-order valence-electron chi connectivity index (χ4n) is 3.25. The molecule has 0 spiro atoms. The van der Waals surface area contributed by atoms with Gasteiger partial charge in [0.05, 0.1) is 12.7 Å². The van der Waals surface area contributed by atoms with Crippen LogP contribution in [0.1, 0.15) is 43.4 Å². The number of hydrogen-bond acceptors (Lipinski definition) is 2. The van der Waals surface area contributed by atoms with E-state index in [4.69, 9.17) is 9.47 Å². The molecule has 4 heteroatoms. The average molecular weight is 407 g/mol. The third-order valence-corrected chi connectivity index (χ3v) is 5.81. The lowest BCUT2D eigenvalue weighted by atomic mass is 9.91.